The monoisotopic (exact) mass is 202 g/mol. The average Bonchev–Trinajstić information content (AvgIpc) is 2.17. The minimum absolute atomic E-state index is 0.284. The highest BCUT2D eigenvalue weighted by Gasteiger charge is 2.21. The van der Waals surface area contributed by atoms with Crippen molar-refractivity contribution in [2.24, 2.45) is 0 Å². The van der Waals surface area contributed by atoms with Gasteiger partial charge in [0, 0.05) is 0 Å². The van der Waals surface area contributed by atoms with E-state index in [4.69, 9.17) is 0 Å². The number of halogens is 1. The van der Waals surface area contributed by atoms with Gasteiger partial charge in [0.2, 0.25) is 0 Å². The molecule has 1 aromatic rings. The third-order valence-electron chi connectivity index (χ3n) is 1.47. The number of hydrogen-bond donors (Lipinski definition) is 0. The van der Waals surface area contributed by atoms with Gasteiger partial charge in [-0.05, 0) is 0 Å². The maximum absolute atomic E-state index is 13.0. The molecule has 0 spiro atoms. The van der Waals surface area contributed by atoms with Crippen molar-refractivity contribution in [3.63, 3.8) is 0 Å². The molecular weight excluding hydrogens is 195 g/mol. The third-order valence-corrected chi connectivity index (χ3v) is 1.47. The molecule has 0 aromatic carbocycles. The molecule has 0 aliphatic carbocycles. The summed E-state index contributed by atoms with van der Waals surface area (Å²) in [4.78, 5) is 13.1. The Hall–Kier alpha value is -1.92. The van der Waals surface area contributed by atoms with Gasteiger partial charge in [-0.15, -0.1) is 0 Å². The van der Waals surface area contributed by atoms with Gasteiger partial charge in [0.1, 0.15) is 0 Å². The molecule has 0 fully saturated rings. The van der Waals surface area contributed by atoms with Crippen molar-refractivity contribution in [1.29, 1.82) is 0 Å². The molecule has 0 saturated heterocycles. The average molecular weight is 202 g/mol. The van der Waals surface area contributed by atoms with Crippen molar-refractivity contribution in [2.45, 2.75) is 0 Å². The SMILES string of the molecule is COc1nc(OC)c([N+](=O)[O-])cc1F. The highest BCUT2D eigenvalue weighted by molar-refractivity contribution is 5.43. The van der Waals surface area contributed by atoms with E-state index in [1.807, 2.05) is 0 Å². The van der Waals surface area contributed by atoms with Gasteiger partial charge in [-0.25, -0.2) is 4.39 Å². The molecule has 1 rings (SSSR count). The molecular formula is C7H7FN2O4. The van der Waals surface area contributed by atoms with E-state index in [0.717, 1.165) is 0 Å². The molecule has 0 bridgehead atoms. The fourth-order valence-corrected chi connectivity index (χ4v) is 0.871. The summed E-state index contributed by atoms with van der Waals surface area (Å²) >= 11 is 0. The van der Waals surface area contributed by atoms with Crippen LogP contribution >= 0.6 is 0 Å². The molecule has 0 N–H and O–H groups in total. The Labute approximate surface area is 78.4 Å². The molecule has 76 valence electrons. The predicted octanol–water partition coefficient (Wildman–Crippen LogP) is 1.15. The summed E-state index contributed by atoms with van der Waals surface area (Å²) in [7, 11) is 2.41. The first kappa shape index (κ1) is 10.2. The maximum Gasteiger partial charge on any atom is 0.334 e. The van der Waals surface area contributed by atoms with Crippen LogP contribution in [0.1, 0.15) is 0 Å². The van der Waals surface area contributed by atoms with Crippen LogP contribution in [0.2, 0.25) is 0 Å². The van der Waals surface area contributed by atoms with Crippen LogP contribution in [0.4, 0.5) is 10.1 Å². The second kappa shape index (κ2) is 3.86. The summed E-state index contributed by atoms with van der Waals surface area (Å²) in [6.07, 6.45) is 0. The van der Waals surface area contributed by atoms with Crippen molar-refractivity contribution in [2.75, 3.05) is 14.2 Å². The number of rotatable bonds is 3. The first-order chi connectivity index (χ1) is 6.60. The largest absolute Gasteiger partial charge is 0.479 e. The van der Waals surface area contributed by atoms with E-state index in [0.29, 0.717) is 6.07 Å². The Balaban J connectivity index is 3.31. The normalized spacial score (nSPS) is 9.64. The minimum atomic E-state index is -0.903. The number of nitro groups is 1. The fourth-order valence-electron chi connectivity index (χ4n) is 0.871. The van der Waals surface area contributed by atoms with E-state index in [-0.39, 0.29) is 11.8 Å². The van der Waals surface area contributed by atoms with E-state index in [1.54, 1.807) is 0 Å². The minimum Gasteiger partial charge on any atom is -0.479 e. The number of nitrogens with zero attached hydrogens (tertiary/aromatic N) is 2. The van der Waals surface area contributed by atoms with Crippen molar-refractivity contribution in [3.05, 3.63) is 22.0 Å². The van der Waals surface area contributed by atoms with E-state index >= 15 is 0 Å². The smallest absolute Gasteiger partial charge is 0.334 e. The molecule has 6 nitrogen and oxygen atoms in total. The first-order valence-corrected chi connectivity index (χ1v) is 3.53. The lowest BCUT2D eigenvalue weighted by Gasteiger charge is -2.03. The zero-order valence-corrected chi connectivity index (χ0v) is 7.48. The fraction of sp³-hybridized carbons (Fsp3) is 0.286. The second-order valence-electron chi connectivity index (χ2n) is 2.26. The molecule has 1 heterocycles. The molecule has 1 aromatic heterocycles. The van der Waals surface area contributed by atoms with Crippen LogP contribution in [-0.2, 0) is 0 Å². The van der Waals surface area contributed by atoms with E-state index in [2.05, 4.69) is 14.5 Å². The molecule has 0 aliphatic heterocycles. The first-order valence-electron chi connectivity index (χ1n) is 3.53. The molecule has 0 aliphatic rings. The van der Waals surface area contributed by atoms with Crippen LogP contribution in [0.3, 0.4) is 0 Å². The number of ether oxygens (including phenoxy) is 2. The van der Waals surface area contributed by atoms with Gasteiger partial charge in [0.15, 0.2) is 5.82 Å². The Bertz CT molecular complexity index is 369. The van der Waals surface area contributed by atoms with Crippen molar-refractivity contribution in [1.82, 2.24) is 4.98 Å². The summed E-state index contributed by atoms with van der Waals surface area (Å²) in [5, 5.41) is 10.4. The quantitative estimate of drug-likeness (QED) is 0.542. The summed E-state index contributed by atoms with van der Waals surface area (Å²) in [5.74, 6) is -1.53. The van der Waals surface area contributed by atoms with Gasteiger partial charge < -0.3 is 9.47 Å². The van der Waals surface area contributed by atoms with Gasteiger partial charge >= 0.3 is 5.69 Å². The van der Waals surface area contributed by atoms with Crippen LogP contribution in [0.25, 0.3) is 0 Å². The van der Waals surface area contributed by atoms with Crippen molar-refractivity contribution >= 4 is 5.69 Å². The van der Waals surface area contributed by atoms with Gasteiger partial charge in [-0.2, -0.15) is 4.98 Å². The van der Waals surface area contributed by atoms with Gasteiger partial charge in [0.25, 0.3) is 11.8 Å². The maximum atomic E-state index is 13.0. The van der Waals surface area contributed by atoms with Crippen LogP contribution in [-0.4, -0.2) is 24.1 Å². The number of methoxy groups -OCH3 is 2. The summed E-state index contributed by atoms with van der Waals surface area (Å²) in [6.45, 7) is 0. The van der Waals surface area contributed by atoms with E-state index in [1.165, 1.54) is 14.2 Å². The zero-order chi connectivity index (χ0) is 10.7. The van der Waals surface area contributed by atoms with Gasteiger partial charge in [-0.1, -0.05) is 0 Å². The zero-order valence-electron chi connectivity index (χ0n) is 7.48. The highest BCUT2D eigenvalue weighted by Crippen LogP contribution is 2.29. The Morgan fingerprint density at radius 1 is 1.43 bits per heavy atom. The van der Waals surface area contributed by atoms with E-state index in [9.17, 15) is 14.5 Å². The Morgan fingerprint density at radius 3 is 2.43 bits per heavy atom. The second-order valence-corrected chi connectivity index (χ2v) is 2.26. The Kier molecular flexibility index (Phi) is 2.80. The van der Waals surface area contributed by atoms with Crippen molar-refractivity contribution in [3.8, 4) is 11.8 Å². The van der Waals surface area contributed by atoms with Crippen LogP contribution < -0.4 is 9.47 Å². The highest BCUT2D eigenvalue weighted by atomic mass is 19.1. The van der Waals surface area contributed by atoms with Gasteiger partial charge in [-0.3, -0.25) is 10.1 Å². The third kappa shape index (κ3) is 1.70. The number of hydrogen-bond acceptors (Lipinski definition) is 5. The lowest BCUT2D eigenvalue weighted by Crippen LogP contribution is -2.00. The molecule has 14 heavy (non-hydrogen) atoms. The molecule has 0 radical (unpaired) electrons. The lowest BCUT2D eigenvalue weighted by molar-refractivity contribution is -0.386. The van der Waals surface area contributed by atoms with Crippen LogP contribution in [0.5, 0.6) is 11.8 Å². The summed E-state index contributed by atoms with van der Waals surface area (Å²) < 4.78 is 22.1. The topological polar surface area (TPSA) is 74.5 Å². The molecule has 7 heteroatoms. The standard InChI is InChI=1S/C7H7FN2O4/c1-13-6-4(8)3-5(10(11)12)7(9-6)14-2/h3H,1-2H3. The van der Waals surface area contributed by atoms with E-state index < -0.39 is 16.4 Å². The number of pyridine rings is 1. The molecule has 0 amide bonds. The summed E-state index contributed by atoms with van der Waals surface area (Å²) in [6, 6.07) is 0.699. The van der Waals surface area contributed by atoms with Crippen LogP contribution in [0, 0.1) is 15.9 Å². The van der Waals surface area contributed by atoms with Gasteiger partial charge in [0.05, 0.1) is 25.2 Å². The Morgan fingerprint density at radius 2 is 2.00 bits per heavy atom. The molecule has 0 atom stereocenters. The molecule has 0 saturated carbocycles. The molecule has 0 unspecified atom stereocenters. The number of aromatic nitrogens is 1. The predicted molar refractivity (Wildman–Crippen MR) is 44.0 cm³/mol. The lowest BCUT2D eigenvalue weighted by atomic mass is 10.4. The van der Waals surface area contributed by atoms with Crippen LogP contribution in [0.15, 0.2) is 6.07 Å². The van der Waals surface area contributed by atoms with Crippen molar-refractivity contribution < 1.29 is 18.8 Å². The summed E-state index contributed by atoms with van der Waals surface area (Å²) in [5.41, 5.74) is -0.536.